The van der Waals surface area contributed by atoms with E-state index in [1.165, 1.54) is 11.0 Å². The highest BCUT2D eigenvalue weighted by Gasteiger charge is 2.22. The van der Waals surface area contributed by atoms with Crippen LogP contribution in [0.5, 0.6) is 0 Å². The molecule has 1 heterocycles. The van der Waals surface area contributed by atoms with Gasteiger partial charge < -0.3 is 16.0 Å². The van der Waals surface area contributed by atoms with Crippen LogP contribution in [0.1, 0.15) is 16.8 Å². The topological polar surface area (TPSA) is 75.4 Å². The number of nitrogens with two attached hydrogens (primary N) is 1. The van der Waals surface area contributed by atoms with Gasteiger partial charge in [-0.3, -0.25) is 9.59 Å². The maximum absolute atomic E-state index is 12.3. The second-order valence-corrected chi connectivity index (χ2v) is 4.60. The van der Waals surface area contributed by atoms with Crippen LogP contribution in [-0.2, 0) is 4.79 Å². The summed E-state index contributed by atoms with van der Waals surface area (Å²) in [5.41, 5.74) is 6.48. The molecule has 0 saturated carbocycles. The predicted molar refractivity (Wildman–Crippen MR) is 69.4 cm³/mol. The van der Waals surface area contributed by atoms with Crippen molar-refractivity contribution < 1.29 is 9.59 Å². The van der Waals surface area contributed by atoms with Crippen LogP contribution in [-0.4, -0.2) is 36.3 Å². The molecule has 0 radical (unpaired) electrons. The Morgan fingerprint density at radius 1 is 1.44 bits per heavy atom. The fourth-order valence-corrected chi connectivity index (χ4v) is 2.04. The van der Waals surface area contributed by atoms with E-state index in [4.69, 9.17) is 17.3 Å². The lowest BCUT2D eigenvalue weighted by atomic mass is 10.1. The van der Waals surface area contributed by atoms with Gasteiger partial charge in [0, 0.05) is 23.8 Å². The van der Waals surface area contributed by atoms with Crippen LogP contribution in [0.15, 0.2) is 18.2 Å². The van der Waals surface area contributed by atoms with Gasteiger partial charge in [0.05, 0.1) is 12.1 Å². The predicted octanol–water partition coefficient (Wildman–Crippen LogP) is 0.884. The van der Waals surface area contributed by atoms with Gasteiger partial charge in [-0.25, -0.2) is 0 Å². The highest BCUT2D eigenvalue weighted by molar-refractivity contribution is 6.31. The maximum Gasteiger partial charge on any atom is 0.256 e. The van der Waals surface area contributed by atoms with Crippen LogP contribution in [0, 0.1) is 0 Å². The second kappa shape index (κ2) is 5.27. The molecule has 1 aliphatic heterocycles. The van der Waals surface area contributed by atoms with E-state index in [-0.39, 0.29) is 18.4 Å². The Morgan fingerprint density at radius 3 is 3.00 bits per heavy atom. The number of benzene rings is 1. The van der Waals surface area contributed by atoms with E-state index in [0.29, 0.717) is 29.4 Å². The number of rotatable bonds is 1. The average Bonchev–Trinajstić information content (AvgIpc) is 2.56. The molecule has 0 unspecified atom stereocenters. The summed E-state index contributed by atoms with van der Waals surface area (Å²) in [7, 11) is 0. The summed E-state index contributed by atoms with van der Waals surface area (Å²) in [5.74, 6) is -0.409. The van der Waals surface area contributed by atoms with Crippen LogP contribution in [0.4, 0.5) is 5.69 Å². The molecule has 18 heavy (non-hydrogen) atoms. The van der Waals surface area contributed by atoms with Crippen molar-refractivity contribution in [2.24, 2.45) is 0 Å². The molecule has 1 aromatic rings. The Hall–Kier alpha value is -1.75. The molecule has 2 amide bonds. The lowest BCUT2D eigenvalue weighted by Crippen LogP contribution is -2.37. The Balaban J connectivity index is 2.24. The second-order valence-electron chi connectivity index (χ2n) is 4.16. The largest absolute Gasteiger partial charge is 0.398 e. The maximum atomic E-state index is 12.3. The van der Waals surface area contributed by atoms with Crippen molar-refractivity contribution in [1.82, 2.24) is 10.2 Å². The zero-order valence-electron chi connectivity index (χ0n) is 9.78. The minimum absolute atomic E-state index is 0.0603. The molecular weight excluding hydrogens is 254 g/mol. The van der Waals surface area contributed by atoms with Crippen LogP contribution in [0.25, 0.3) is 0 Å². The van der Waals surface area contributed by atoms with Gasteiger partial charge in [-0.2, -0.15) is 0 Å². The smallest absolute Gasteiger partial charge is 0.256 e. The van der Waals surface area contributed by atoms with Crippen molar-refractivity contribution in [3.05, 3.63) is 28.8 Å². The summed E-state index contributed by atoms with van der Waals surface area (Å²) in [4.78, 5) is 25.2. The van der Waals surface area contributed by atoms with E-state index >= 15 is 0 Å². The molecule has 0 aliphatic carbocycles. The summed E-state index contributed by atoms with van der Waals surface area (Å²) < 4.78 is 0. The Kier molecular flexibility index (Phi) is 3.72. The van der Waals surface area contributed by atoms with E-state index in [2.05, 4.69) is 5.32 Å². The third kappa shape index (κ3) is 2.73. The zero-order valence-corrected chi connectivity index (χ0v) is 10.5. The first-order chi connectivity index (χ1) is 8.58. The van der Waals surface area contributed by atoms with Crippen LogP contribution in [0.3, 0.4) is 0 Å². The SMILES string of the molecule is Nc1ccc(Cl)cc1C(=O)N1CCCNC(=O)C1. The zero-order chi connectivity index (χ0) is 13.1. The summed E-state index contributed by atoms with van der Waals surface area (Å²) >= 11 is 5.86. The van der Waals surface area contributed by atoms with Gasteiger partial charge in [-0.1, -0.05) is 11.6 Å². The standard InChI is InChI=1S/C12H14ClN3O2/c13-8-2-3-10(14)9(6-8)12(18)16-5-1-4-15-11(17)7-16/h2-3,6H,1,4-5,7,14H2,(H,15,17). The summed E-state index contributed by atoms with van der Waals surface area (Å²) in [6.45, 7) is 1.18. The fourth-order valence-electron chi connectivity index (χ4n) is 1.86. The third-order valence-electron chi connectivity index (χ3n) is 2.79. The number of hydrogen-bond donors (Lipinski definition) is 2. The molecule has 0 atom stereocenters. The van der Waals surface area contributed by atoms with Gasteiger partial charge in [-0.15, -0.1) is 0 Å². The molecular formula is C12H14ClN3O2. The Labute approximate surface area is 110 Å². The highest BCUT2D eigenvalue weighted by atomic mass is 35.5. The molecule has 3 N–H and O–H groups in total. The monoisotopic (exact) mass is 267 g/mol. The molecule has 1 aliphatic rings. The molecule has 1 fully saturated rings. The Bertz CT molecular complexity index is 490. The van der Waals surface area contributed by atoms with Gasteiger partial charge >= 0.3 is 0 Å². The van der Waals surface area contributed by atoms with Gasteiger partial charge in [0.25, 0.3) is 5.91 Å². The van der Waals surface area contributed by atoms with Crippen LogP contribution >= 0.6 is 11.6 Å². The number of halogens is 1. The molecule has 6 heteroatoms. The van der Waals surface area contributed by atoms with Gasteiger partial charge in [0.15, 0.2) is 0 Å². The van der Waals surface area contributed by atoms with E-state index in [1.54, 1.807) is 12.1 Å². The van der Waals surface area contributed by atoms with Crippen molar-refractivity contribution >= 4 is 29.1 Å². The molecule has 96 valence electrons. The number of nitrogen functional groups attached to an aromatic ring is 1. The van der Waals surface area contributed by atoms with Crippen molar-refractivity contribution in [1.29, 1.82) is 0 Å². The van der Waals surface area contributed by atoms with Gasteiger partial charge in [-0.05, 0) is 24.6 Å². The number of hydrogen-bond acceptors (Lipinski definition) is 3. The van der Waals surface area contributed by atoms with Crippen molar-refractivity contribution in [3.8, 4) is 0 Å². The van der Waals surface area contributed by atoms with Crippen molar-refractivity contribution in [3.63, 3.8) is 0 Å². The lowest BCUT2D eigenvalue weighted by molar-refractivity contribution is -0.121. The molecule has 0 aromatic heterocycles. The number of carbonyl (C=O) groups is 2. The minimum Gasteiger partial charge on any atom is -0.398 e. The third-order valence-corrected chi connectivity index (χ3v) is 3.03. The molecule has 2 rings (SSSR count). The van der Waals surface area contributed by atoms with Crippen LogP contribution in [0.2, 0.25) is 5.02 Å². The molecule has 1 saturated heterocycles. The van der Waals surface area contributed by atoms with Gasteiger partial charge in [0.2, 0.25) is 5.91 Å². The summed E-state index contributed by atoms with van der Waals surface area (Å²) in [6.07, 6.45) is 0.734. The number of nitrogens with zero attached hydrogens (tertiary/aromatic N) is 1. The molecule has 1 aromatic carbocycles. The van der Waals surface area contributed by atoms with E-state index in [1.807, 2.05) is 0 Å². The first-order valence-electron chi connectivity index (χ1n) is 5.69. The van der Waals surface area contributed by atoms with E-state index in [0.717, 1.165) is 6.42 Å². The number of carbonyl (C=O) groups excluding carboxylic acids is 2. The average molecular weight is 268 g/mol. The molecule has 0 bridgehead atoms. The van der Waals surface area contributed by atoms with E-state index < -0.39 is 0 Å². The van der Waals surface area contributed by atoms with Crippen LogP contribution < -0.4 is 11.1 Å². The van der Waals surface area contributed by atoms with Gasteiger partial charge in [0.1, 0.15) is 0 Å². The summed E-state index contributed by atoms with van der Waals surface area (Å²) in [6, 6.07) is 4.75. The Morgan fingerprint density at radius 2 is 2.22 bits per heavy atom. The quantitative estimate of drug-likeness (QED) is 0.742. The minimum atomic E-state index is -0.257. The number of anilines is 1. The molecule has 0 spiro atoms. The summed E-state index contributed by atoms with van der Waals surface area (Å²) in [5, 5.41) is 3.17. The molecule has 5 nitrogen and oxygen atoms in total. The first kappa shape index (κ1) is 12.7. The van der Waals surface area contributed by atoms with E-state index in [9.17, 15) is 9.59 Å². The first-order valence-corrected chi connectivity index (χ1v) is 6.07. The highest BCUT2D eigenvalue weighted by Crippen LogP contribution is 2.20. The fraction of sp³-hybridized carbons (Fsp3) is 0.333. The lowest BCUT2D eigenvalue weighted by Gasteiger charge is -2.20. The van der Waals surface area contributed by atoms with Crippen molar-refractivity contribution in [2.75, 3.05) is 25.4 Å². The van der Waals surface area contributed by atoms with Crippen molar-refractivity contribution in [2.45, 2.75) is 6.42 Å². The number of nitrogens with one attached hydrogen (secondary N) is 1. The normalized spacial score (nSPS) is 16.1. The number of amides is 2.